The monoisotopic (exact) mass is 289 g/mol. The standard InChI is InChI=1S/C18H27NO2/c1-4-19(5-2)18(14-17(20)21-6-3)12-11-15-9-7-8-10-16(15)13-18/h7-10H,4-6,11-14H2,1-3H3. The van der Waals surface area contributed by atoms with Gasteiger partial charge in [0.1, 0.15) is 0 Å². The molecule has 21 heavy (non-hydrogen) atoms. The van der Waals surface area contributed by atoms with E-state index in [0.717, 1.165) is 32.4 Å². The molecule has 116 valence electrons. The lowest BCUT2D eigenvalue weighted by atomic mass is 9.74. The number of fused-ring (bicyclic) bond motifs is 1. The van der Waals surface area contributed by atoms with Crippen LogP contribution in [0, 0.1) is 0 Å². The molecule has 1 aliphatic rings. The molecular formula is C18H27NO2. The maximum Gasteiger partial charge on any atom is 0.307 e. The van der Waals surface area contributed by atoms with Gasteiger partial charge in [-0.25, -0.2) is 0 Å². The van der Waals surface area contributed by atoms with E-state index in [2.05, 4.69) is 43.0 Å². The van der Waals surface area contributed by atoms with Crippen molar-refractivity contribution in [3.8, 4) is 0 Å². The Hall–Kier alpha value is -1.35. The van der Waals surface area contributed by atoms with Crippen LogP contribution in [0.1, 0.15) is 44.7 Å². The minimum atomic E-state index is -0.0793. The van der Waals surface area contributed by atoms with E-state index in [0.29, 0.717) is 13.0 Å². The first-order valence-electron chi connectivity index (χ1n) is 8.12. The van der Waals surface area contributed by atoms with E-state index in [-0.39, 0.29) is 11.5 Å². The number of likely N-dealkylation sites (N-methyl/N-ethyl adjacent to an activating group) is 1. The highest BCUT2D eigenvalue weighted by Gasteiger charge is 2.40. The second-order valence-electron chi connectivity index (χ2n) is 5.82. The number of esters is 1. The van der Waals surface area contributed by atoms with Crippen LogP contribution in [0.5, 0.6) is 0 Å². The average molecular weight is 289 g/mol. The summed E-state index contributed by atoms with van der Waals surface area (Å²) in [6.07, 6.45) is 3.52. The minimum absolute atomic E-state index is 0.0659. The quantitative estimate of drug-likeness (QED) is 0.753. The topological polar surface area (TPSA) is 29.5 Å². The number of aryl methyl sites for hydroxylation is 1. The Morgan fingerprint density at radius 1 is 1.19 bits per heavy atom. The molecule has 1 aromatic carbocycles. The average Bonchev–Trinajstić information content (AvgIpc) is 2.48. The van der Waals surface area contributed by atoms with Gasteiger partial charge in [0, 0.05) is 5.54 Å². The van der Waals surface area contributed by atoms with Gasteiger partial charge in [0.05, 0.1) is 13.0 Å². The maximum absolute atomic E-state index is 12.1. The summed E-state index contributed by atoms with van der Waals surface area (Å²) in [5.74, 6) is -0.0659. The SMILES string of the molecule is CCOC(=O)CC1(N(CC)CC)CCc2ccccc2C1. The van der Waals surface area contributed by atoms with Gasteiger partial charge in [-0.2, -0.15) is 0 Å². The summed E-state index contributed by atoms with van der Waals surface area (Å²) in [5, 5.41) is 0. The number of hydrogen-bond acceptors (Lipinski definition) is 3. The van der Waals surface area contributed by atoms with E-state index >= 15 is 0 Å². The van der Waals surface area contributed by atoms with Gasteiger partial charge in [0.2, 0.25) is 0 Å². The molecule has 1 atom stereocenters. The predicted octanol–water partition coefficient (Wildman–Crippen LogP) is 3.21. The molecule has 1 aromatic rings. The molecular weight excluding hydrogens is 262 g/mol. The fourth-order valence-corrected chi connectivity index (χ4v) is 3.69. The van der Waals surface area contributed by atoms with Crippen LogP contribution in [0.25, 0.3) is 0 Å². The second kappa shape index (κ2) is 7.08. The highest BCUT2D eigenvalue weighted by atomic mass is 16.5. The maximum atomic E-state index is 12.1. The van der Waals surface area contributed by atoms with Gasteiger partial charge < -0.3 is 4.74 Å². The van der Waals surface area contributed by atoms with Crippen LogP contribution >= 0.6 is 0 Å². The lowest BCUT2D eigenvalue weighted by Crippen LogP contribution is -2.53. The number of ether oxygens (including phenoxy) is 1. The Balaban J connectivity index is 2.28. The fraction of sp³-hybridized carbons (Fsp3) is 0.611. The number of nitrogens with zero attached hydrogens (tertiary/aromatic N) is 1. The van der Waals surface area contributed by atoms with Crippen molar-refractivity contribution in [2.24, 2.45) is 0 Å². The normalized spacial score (nSPS) is 21.1. The van der Waals surface area contributed by atoms with Crippen LogP contribution in [-0.2, 0) is 22.4 Å². The first-order chi connectivity index (χ1) is 10.1. The third-order valence-electron chi connectivity index (χ3n) is 4.71. The van der Waals surface area contributed by atoms with Crippen molar-refractivity contribution >= 4 is 5.97 Å². The Bertz CT molecular complexity index is 482. The number of carbonyl (C=O) groups is 1. The van der Waals surface area contributed by atoms with Crippen LogP contribution in [0.15, 0.2) is 24.3 Å². The van der Waals surface area contributed by atoms with E-state index in [1.165, 1.54) is 11.1 Å². The van der Waals surface area contributed by atoms with Gasteiger partial charge in [0.25, 0.3) is 0 Å². The van der Waals surface area contributed by atoms with Crippen molar-refractivity contribution in [3.05, 3.63) is 35.4 Å². The molecule has 3 nitrogen and oxygen atoms in total. The third kappa shape index (κ3) is 3.46. The molecule has 0 saturated carbocycles. The smallest absolute Gasteiger partial charge is 0.307 e. The number of carbonyl (C=O) groups excluding carboxylic acids is 1. The molecule has 0 amide bonds. The second-order valence-corrected chi connectivity index (χ2v) is 5.82. The molecule has 3 heteroatoms. The van der Waals surface area contributed by atoms with Crippen molar-refractivity contribution in [1.82, 2.24) is 4.90 Å². The highest BCUT2D eigenvalue weighted by molar-refractivity contribution is 5.71. The summed E-state index contributed by atoms with van der Waals surface area (Å²) in [5.41, 5.74) is 2.74. The van der Waals surface area contributed by atoms with E-state index in [9.17, 15) is 4.79 Å². The summed E-state index contributed by atoms with van der Waals surface area (Å²) in [6.45, 7) is 8.63. The molecule has 0 aliphatic heterocycles. The van der Waals surface area contributed by atoms with Gasteiger partial charge in [0.15, 0.2) is 0 Å². The molecule has 2 rings (SSSR count). The van der Waals surface area contributed by atoms with Crippen molar-refractivity contribution in [2.45, 2.75) is 52.0 Å². The van der Waals surface area contributed by atoms with Crippen LogP contribution < -0.4 is 0 Å². The van der Waals surface area contributed by atoms with Crippen LogP contribution in [-0.4, -0.2) is 36.1 Å². The van der Waals surface area contributed by atoms with Crippen molar-refractivity contribution in [1.29, 1.82) is 0 Å². The molecule has 1 unspecified atom stereocenters. The van der Waals surface area contributed by atoms with Crippen LogP contribution in [0.3, 0.4) is 0 Å². The molecule has 1 aliphatic carbocycles. The molecule has 0 saturated heterocycles. The van der Waals surface area contributed by atoms with Crippen LogP contribution in [0.2, 0.25) is 0 Å². The Morgan fingerprint density at radius 2 is 1.86 bits per heavy atom. The fourth-order valence-electron chi connectivity index (χ4n) is 3.69. The molecule has 0 heterocycles. The zero-order valence-corrected chi connectivity index (χ0v) is 13.5. The zero-order chi connectivity index (χ0) is 15.3. The van der Waals surface area contributed by atoms with E-state index in [1.807, 2.05) is 6.92 Å². The summed E-state index contributed by atoms with van der Waals surface area (Å²) in [7, 11) is 0. The van der Waals surface area contributed by atoms with Crippen LogP contribution in [0.4, 0.5) is 0 Å². The lowest BCUT2D eigenvalue weighted by Gasteiger charge is -2.46. The number of benzene rings is 1. The number of rotatable bonds is 6. The van der Waals surface area contributed by atoms with Gasteiger partial charge in [-0.1, -0.05) is 38.1 Å². The van der Waals surface area contributed by atoms with Crippen molar-refractivity contribution in [3.63, 3.8) is 0 Å². The van der Waals surface area contributed by atoms with Gasteiger partial charge in [-0.05, 0) is 50.4 Å². The molecule has 0 N–H and O–H groups in total. The lowest BCUT2D eigenvalue weighted by molar-refractivity contribution is -0.147. The number of hydrogen-bond donors (Lipinski definition) is 0. The van der Waals surface area contributed by atoms with Crippen molar-refractivity contribution < 1.29 is 9.53 Å². The van der Waals surface area contributed by atoms with Gasteiger partial charge >= 0.3 is 5.97 Å². The molecule has 0 bridgehead atoms. The molecule has 0 spiro atoms. The summed E-state index contributed by atoms with van der Waals surface area (Å²) >= 11 is 0. The van der Waals surface area contributed by atoms with Crippen molar-refractivity contribution in [2.75, 3.05) is 19.7 Å². The third-order valence-corrected chi connectivity index (χ3v) is 4.71. The largest absolute Gasteiger partial charge is 0.466 e. The van der Waals surface area contributed by atoms with E-state index < -0.39 is 0 Å². The Labute approximate surface area is 128 Å². The van der Waals surface area contributed by atoms with E-state index in [4.69, 9.17) is 4.74 Å². The summed E-state index contributed by atoms with van der Waals surface area (Å²) in [6, 6.07) is 8.62. The van der Waals surface area contributed by atoms with E-state index in [1.54, 1.807) is 0 Å². The first kappa shape index (κ1) is 16.0. The molecule has 0 fully saturated rings. The zero-order valence-electron chi connectivity index (χ0n) is 13.5. The first-order valence-corrected chi connectivity index (χ1v) is 8.12. The van der Waals surface area contributed by atoms with Gasteiger partial charge in [-0.3, -0.25) is 9.69 Å². The predicted molar refractivity (Wildman–Crippen MR) is 85.4 cm³/mol. The molecule has 0 radical (unpaired) electrons. The Morgan fingerprint density at radius 3 is 2.48 bits per heavy atom. The highest BCUT2D eigenvalue weighted by Crippen LogP contribution is 2.36. The van der Waals surface area contributed by atoms with Gasteiger partial charge in [-0.15, -0.1) is 0 Å². The molecule has 0 aromatic heterocycles. The summed E-state index contributed by atoms with van der Waals surface area (Å²) < 4.78 is 5.23. The summed E-state index contributed by atoms with van der Waals surface area (Å²) in [4.78, 5) is 14.6. The Kier molecular flexibility index (Phi) is 5.40. The minimum Gasteiger partial charge on any atom is -0.466 e.